The van der Waals surface area contributed by atoms with E-state index in [0.717, 1.165) is 24.5 Å². The lowest BCUT2D eigenvalue weighted by atomic mass is 9.92. The number of piperidine rings is 6. The highest BCUT2D eigenvalue weighted by molar-refractivity contribution is 5.93. The number of H-pyrrole nitrogens is 6. The lowest BCUT2D eigenvalue weighted by Crippen LogP contribution is -2.53. The molecule has 6 aliphatic rings. The zero-order valence-electron chi connectivity index (χ0n) is 117. The van der Waals surface area contributed by atoms with Gasteiger partial charge in [0.15, 0.2) is 0 Å². The van der Waals surface area contributed by atoms with E-state index in [-0.39, 0.29) is 133 Å². The number of hydrogen-bond acceptors (Lipinski definition) is 24. The molecule has 12 atom stereocenters. The maximum absolute atomic E-state index is 12.5. The lowest BCUT2D eigenvalue weighted by molar-refractivity contribution is -0.131. The fraction of sp³-hybridized carbons (Fsp3) is 0.500. The van der Waals surface area contributed by atoms with E-state index in [9.17, 15) is 28.8 Å². The monoisotopic (exact) mass is 1920 g/mol. The highest BCUT2D eigenvalue weighted by Crippen LogP contribution is 2.37. The number of aromatic amines is 6. The summed E-state index contributed by atoms with van der Waals surface area (Å²) in [6.07, 6.45) is 5.95. The van der Waals surface area contributed by atoms with Crippen LogP contribution >= 0.6 is 0 Å². The van der Waals surface area contributed by atoms with Gasteiger partial charge in [0, 0.05) is 186 Å². The summed E-state index contributed by atoms with van der Waals surface area (Å²) in [4.78, 5) is 167. The summed E-state index contributed by atoms with van der Waals surface area (Å²) < 4.78 is 349. The van der Waals surface area contributed by atoms with Crippen LogP contribution in [0.4, 0.5) is 34.9 Å². The maximum atomic E-state index is 12.5. The van der Waals surface area contributed by atoms with Crippen LogP contribution in [0, 0.1) is 74.9 Å². The minimum absolute atomic E-state index is 0.0409. The molecule has 6 saturated heterocycles. The van der Waals surface area contributed by atoms with E-state index >= 15 is 0 Å². The fourth-order valence-electron chi connectivity index (χ4n) is 15.1. The summed E-state index contributed by atoms with van der Waals surface area (Å²) in [5.74, 6) is -14.8. The van der Waals surface area contributed by atoms with E-state index in [4.69, 9.17) is 97.0 Å². The molecule has 12 aromatic rings. The van der Waals surface area contributed by atoms with Crippen molar-refractivity contribution in [1.82, 2.24) is 119 Å². The Balaban J connectivity index is 0.000000176. The molecule has 6 fully saturated rings. The first-order valence-electron chi connectivity index (χ1n) is 63.4. The number of carbonyl (C=O) groups is 6. The van der Waals surface area contributed by atoms with Crippen LogP contribution in [-0.4, -0.2) is 350 Å². The normalized spacial score (nSPS) is 31.6. The third-order valence-electron chi connectivity index (χ3n) is 22.4. The van der Waals surface area contributed by atoms with Crippen LogP contribution in [0.3, 0.4) is 0 Å². The van der Waals surface area contributed by atoms with Gasteiger partial charge in [0.1, 0.15) is 115 Å². The minimum Gasteiger partial charge on any atom is -0.354 e. The predicted octanol–water partition coefficient (Wildman–Crippen LogP) is 9.30. The number of fused-ring (bicyclic) bond motifs is 6. The molecule has 0 bridgehead atoms. The quantitative estimate of drug-likeness (QED) is 0.0435. The highest BCUT2D eigenvalue weighted by atomic mass is 16.2. The standard InChI is InChI=1S/6C16H20N6O/c6*1-11-5-7-22(14(23)8-17-2)9-13(11)21(3)16-12-4-6-18-15(12)19-10-20-16/h6*4,6,10-11,13H,5,7-9H2,1,3H3,(H,18,19,20)/t6*11-,13+/m111111/s1/i3D3,9D2,10D,11D,13D;1D3,9D2,10D,11D,13D;9D2,10D,11D,13D;1D3,3D3,9D2,10D;3D3,9D2,10D;1D3,9D2,10D. The summed E-state index contributed by atoms with van der Waals surface area (Å²) in [7, 11) is 4.13. The van der Waals surface area contributed by atoms with Crippen molar-refractivity contribution in [3.8, 4) is 0 Å². The number of amides is 6. The summed E-state index contributed by atoms with van der Waals surface area (Å²) in [5, 5.41) is 1.88. The van der Waals surface area contributed by atoms with Crippen LogP contribution < -0.4 is 29.4 Å². The number of nitrogens with one attached hydrogen (secondary N) is 6. The Kier molecular flexibility index (Phi) is 19.5. The van der Waals surface area contributed by atoms with Crippen molar-refractivity contribution in [3.05, 3.63) is 180 Å². The van der Waals surface area contributed by atoms with E-state index in [2.05, 4.69) is 119 Å². The van der Waals surface area contributed by atoms with Crippen LogP contribution in [0.1, 0.15) is 137 Å². The van der Waals surface area contributed by atoms with Crippen molar-refractivity contribution in [3.63, 3.8) is 0 Å². The zero-order valence-corrected chi connectivity index (χ0v) is 75.0. The molecule has 6 amide bonds. The first-order chi connectivity index (χ1) is 83.0. The molecule has 138 heavy (non-hydrogen) atoms. The molecule has 0 aromatic carbocycles. The molecule has 0 radical (unpaired) electrons. The van der Waals surface area contributed by atoms with Gasteiger partial charge in [-0.25, -0.2) is 99.2 Å². The first kappa shape index (κ1) is 57.9. The van der Waals surface area contributed by atoms with Crippen molar-refractivity contribution in [2.75, 3.05) is 189 Å². The molecule has 0 spiro atoms. The van der Waals surface area contributed by atoms with Gasteiger partial charge in [0.25, 0.3) is 39.3 Å². The number of carbonyl (C=O) groups excluding carboxylic acids is 6. The number of likely N-dealkylation sites (tertiary alicyclic amines) is 6. The second-order valence-electron chi connectivity index (χ2n) is 31.2. The van der Waals surface area contributed by atoms with Crippen LogP contribution in [0.15, 0.2) is 111 Å². The Morgan fingerprint density at radius 3 is 0.826 bits per heavy atom. The van der Waals surface area contributed by atoms with E-state index in [1.165, 1.54) is 87.8 Å². The highest BCUT2D eigenvalue weighted by Gasteiger charge is 2.41. The SMILES string of the molecule is [2H]c1nc(N(C([2H])([2H])[2H])[C@@]2([2H])C([2H])([2H])N(C(=O)C[N+]#[C-])CC[C@@]2([2H])C)c2cc[nH]c2n1.[2H]c1nc(N(C)[C@@H]2[C@H](C([2H])([2H])[2H])CCN(C(=O)C[N+]#[C-])C2([2H])[2H])c2cc[nH]c2n1.[2H]c1nc(N(C)[C@@]2([2H])C([2H])([2H])N(C(=O)C[N+]#[C-])CC[C@@]2([2H])C([2H])([2H])[2H])c2cc[nH]c2n1.[2H]c1nc(N(C)[C@@]2([2H])C([2H])([2H])N(C(=O)C[N+]#[C-])CC[C@@]2([2H])C)c2cc[nH]c2n1.[2H]c1nc(N([C@@H]2[C@H](C([2H])([2H])[2H])CCN(C(=O)C[N+]#[C-])C2([2H])[2H])C([2H])([2H])[2H])c2cc[nH]c2n1.[2H]c1nc(N([C@@H]2[C@H](C)CCN(C(=O)C[N+]#[C-])C2([2H])[2H])C([2H])([2H])[2H])c2cc[nH]c2n1. The molecular formula is C96H120N36O6. The molecule has 0 saturated carbocycles. The number of likely N-dealkylation sites (N-methyl/N-ethyl adjacent to an activating group) is 6. The molecular weight excluding hydrogens is 1750 g/mol. The summed E-state index contributed by atoms with van der Waals surface area (Å²) >= 11 is 0. The Hall–Kier alpha value is -15.7. The van der Waals surface area contributed by atoms with Gasteiger partial charge < -0.3 is 118 Å². The fourth-order valence-corrected chi connectivity index (χ4v) is 15.1. The van der Waals surface area contributed by atoms with Gasteiger partial charge in [-0.1, -0.05) is 41.3 Å². The van der Waals surface area contributed by atoms with E-state index in [0.29, 0.717) is 63.8 Å². The van der Waals surface area contributed by atoms with Gasteiger partial charge in [0.2, 0.25) is 0 Å². The minimum atomic E-state index is -3.17. The zero-order chi connectivity index (χ0) is 135. The predicted molar refractivity (Wildman–Crippen MR) is 527 cm³/mol. The largest absolute Gasteiger partial charge is 0.354 e. The summed E-state index contributed by atoms with van der Waals surface area (Å²) in [5.41, 5.74) is 1.43. The number of nitrogens with zero attached hydrogens (tertiary/aromatic N) is 30. The third-order valence-corrected chi connectivity index (χ3v) is 22.4. The second kappa shape index (κ2) is 46.5. The molecule has 18 heterocycles. The molecule has 18 rings (SSSR count). The van der Waals surface area contributed by atoms with Gasteiger partial charge >= 0.3 is 35.4 Å². The van der Waals surface area contributed by atoms with Crippen LogP contribution in [0.25, 0.3) is 95.3 Å². The molecule has 6 N–H and O–H groups in total. The Morgan fingerprint density at radius 1 is 0.326 bits per heavy atom. The van der Waals surface area contributed by atoms with Gasteiger partial charge in [0.05, 0.1) is 89.1 Å². The number of anilines is 6. The van der Waals surface area contributed by atoms with Gasteiger partial charge in [-0.05, 0) is 110 Å². The topological polar surface area (TPSA) is 417 Å². The Labute approximate surface area is 860 Å². The first-order valence-corrected chi connectivity index (χ1v) is 42.4. The van der Waals surface area contributed by atoms with E-state index < -0.39 is 271 Å². The summed E-state index contributed by atoms with van der Waals surface area (Å²) in [6.45, 7) is 7.67. The second-order valence-corrected chi connectivity index (χ2v) is 31.2. The molecule has 42 heteroatoms. The average Bonchev–Trinajstić information content (AvgIpc) is 0.846. The van der Waals surface area contributed by atoms with Crippen LogP contribution in [0.2, 0.25) is 0 Å². The van der Waals surface area contributed by atoms with Gasteiger partial charge in [-0.2, -0.15) is 0 Å². The lowest BCUT2D eigenvalue weighted by Gasteiger charge is -2.41. The smallest absolute Gasteiger partial charge is 0.302 e. The van der Waals surface area contributed by atoms with Crippen molar-refractivity contribution >= 4 is 137 Å². The van der Waals surface area contributed by atoms with Crippen molar-refractivity contribution in [2.45, 2.75) is 116 Å². The maximum Gasteiger partial charge on any atom is 0.302 e. The van der Waals surface area contributed by atoms with E-state index in [1.54, 1.807) is 37.5 Å². The van der Waals surface area contributed by atoms with Gasteiger partial charge in [-0.15, -0.1) is 0 Å². The molecule has 720 valence electrons. The molecule has 12 aromatic heterocycles. The van der Waals surface area contributed by atoms with Crippen molar-refractivity contribution < 1.29 is 86.3 Å². The van der Waals surface area contributed by atoms with E-state index in [1.807, 2.05) is 0 Å². The number of hydrogen-bond donors (Lipinski definition) is 6. The van der Waals surface area contributed by atoms with Crippen LogP contribution in [-0.2, 0) is 28.8 Å². The number of rotatable bonds is 18. The Morgan fingerprint density at radius 2 is 0.551 bits per heavy atom. The van der Waals surface area contributed by atoms with Gasteiger partial charge in [-0.3, -0.25) is 28.8 Å². The Bertz CT molecular complexity index is 8520. The van der Waals surface area contributed by atoms with Crippen molar-refractivity contribution in [2.24, 2.45) is 35.4 Å². The number of aromatic nitrogens is 18. The average molecular weight is 1920 g/mol. The van der Waals surface area contributed by atoms with Crippen LogP contribution in [0.5, 0.6) is 0 Å². The molecule has 42 nitrogen and oxygen atoms in total. The molecule has 0 aliphatic carbocycles. The third kappa shape index (κ3) is 23.1. The van der Waals surface area contributed by atoms with Crippen molar-refractivity contribution in [1.29, 1.82) is 0 Å². The molecule has 0 unspecified atom stereocenters. The molecule has 6 aliphatic heterocycles. The summed E-state index contributed by atoms with van der Waals surface area (Å²) in [6, 6.07) is -3.20.